The van der Waals surface area contributed by atoms with Gasteiger partial charge >= 0.3 is 0 Å². The quantitative estimate of drug-likeness (QED) is 0.779. The number of aromatic amines is 1. The molecule has 6 heteroatoms. The van der Waals surface area contributed by atoms with E-state index in [1.807, 2.05) is 18.2 Å². The van der Waals surface area contributed by atoms with Crippen molar-refractivity contribution in [1.82, 2.24) is 25.2 Å². The van der Waals surface area contributed by atoms with Gasteiger partial charge in [-0.05, 0) is 42.5 Å². The Bertz CT molecular complexity index is 953. The number of nitrogens with zero attached hydrogens (tertiary/aromatic N) is 4. The fourth-order valence-electron chi connectivity index (χ4n) is 4.54. The number of amides is 1. The first kappa shape index (κ1) is 16.4. The Morgan fingerprint density at radius 2 is 1.85 bits per heavy atom. The zero-order valence-corrected chi connectivity index (χ0v) is 15.2. The van der Waals surface area contributed by atoms with Crippen LogP contribution in [-0.4, -0.2) is 56.8 Å². The maximum atomic E-state index is 13.2. The molecule has 138 valence electrons. The number of benzene rings is 2. The molecular weight excluding hydrogens is 338 g/mol. The van der Waals surface area contributed by atoms with Gasteiger partial charge in [-0.3, -0.25) is 9.69 Å². The molecule has 3 aliphatic heterocycles. The highest BCUT2D eigenvalue weighted by atomic mass is 16.2. The van der Waals surface area contributed by atoms with E-state index in [1.54, 1.807) is 0 Å². The molecule has 6 nitrogen and oxygen atoms in total. The lowest BCUT2D eigenvalue weighted by molar-refractivity contribution is 0.0585. The van der Waals surface area contributed by atoms with Crippen LogP contribution in [0, 0.1) is 5.92 Å². The number of H-pyrrole nitrogens is 1. The van der Waals surface area contributed by atoms with Gasteiger partial charge in [0.25, 0.3) is 5.91 Å². The molecule has 1 N–H and O–H groups in total. The van der Waals surface area contributed by atoms with E-state index in [0.717, 1.165) is 43.6 Å². The van der Waals surface area contributed by atoms with E-state index in [-0.39, 0.29) is 11.9 Å². The second kappa shape index (κ2) is 6.78. The first-order valence-electron chi connectivity index (χ1n) is 9.64. The zero-order chi connectivity index (χ0) is 18.2. The lowest BCUT2D eigenvalue weighted by Gasteiger charge is -2.36. The summed E-state index contributed by atoms with van der Waals surface area (Å²) in [4.78, 5) is 17.8. The van der Waals surface area contributed by atoms with Crippen molar-refractivity contribution in [3.63, 3.8) is 0 Å². The third-order valence-corrected chi connectivity index (χ3v) is 5.86. The Labute approximate surface area is 158 Å². The molecule has 2 atom stereocenters. The molecule has 3 aliphatic rings. The summed E-state index contributed by atoms with van der Waals surface area (Å²) in [5.41, 5.74) is 3.58. The number of rotatable bonds is 3. The van der Waals surface area contributed by atoms with Gasteiger partial charge in [0.2, 0.25) is 0 Å². The molecule has 0 unspecified atom stereocenters. The van der Waals surface area contributed by atoms with E-state index in [2.05, 4.69) is 55.5 Å². The van der Waals surface area contributed by atoms with Crippen molar-refractivity contribution in [1.29, 1.82) is 0 Å². The summed E-state index contributed by atoms with van der Waals surface area (Å²) in [5.74, 6) is 0.670. The molecule has 4 heterocycles. The summed E-state index contributed by atoms with van der Waals surface area (Å²) in [5, 5.41) is 10.8. The summed E-state index contributed by atoms with van der Waals surface area (Å²) in [7, 11) is 0. The van der Waals surface area contributed by atoms with Crippen LogP contribution in [0.25, 0.3) is 11.0 Å². The maximum absolute atomic E-state index is 13.2. The van der Waals surface area contributed by atoms with E-state index in [1.165, 1.54) is 12.0 Å². The first-order chi connectivity index (χ1) is 13.3. The molecule has 3 aromatic rings. The van der Waals surface area contributed by atoms with Crippen LogP contribution in [0.4, 0.5) is 0 Å². The molecule has 0 aliphatic carbocycles. The van der Waals surface area contributed by atoms with E-state index in [9.17, 15) is 4.79 Å². The fraction of sp³-hybridized carbons (Fsp3) is 0.381. The summed E-state index contributed by atoms with van der Waals surface area (Å²) >= 11 is 0. The standard InChI is InChI=1S/C21H23N5O/c27-21(17-7-9-19-20(10-17)23-24-22-19)26-13-16-6-8-18(26)14-25(12-16)11-15-4-2-1-3-5-15/h1-5,7,9-10,16,18H,6,8,11-14H2,(H,22,23,24)/t16-,18+/m0/s1. The van der Waals surface area contributed by atoms with Crippen LogP contribution in [0.5, 0.6) is 0 Å². The van der Waals surface area contributed by atoms with Crippen molar-refractivity contribution in [2.45, 2.75) is 25.4 Å². The molecule has 0 saturated carbocycles. The Morgan fingerprint density at radius 3 is 2.74 bits per heavy atom. The van der Waals surface area contributed by atoms with Crippen LogP contribution < -0.4 is 0 Å². The van der Waals surface area contributed by atoms with Crippen molar-refractivity contribution >= 4 is 16.9 Å². The zero-order valence-electron chi connectivity index (χ0n) is 15.2. The molecule has 27 heavy (non-hydrogen) atoms. The Kier molecular flexibility index (Phi) is 4.13. The van der Waals surface area contributed by atoms with Gasteiger partial charge in [-0.25, -0.2) is 0 Å². The molecule has 0 spiro atoms. The second-order valence-corrected chi connectivity index (χ2v) is 7.76. The van der Waals surface area contributed by atoms with Crippen molar-refractivity contribution < 1.29 is 4.79 Å². The van der Waals surface area contributed by atoms with Gasteiger partial charge in [0.15, 0.2) is 0 Å². The number of nitrogens with one attached hydrogen (secondary N) is 1. The number of aromatic nitrogens is 3. The molecule has 0 radical (unpaired) electrons. The Morgan fingerprint density at radius 1 is 1.00 bits per heavy atom. The molecular formula is C21H23N5O. The summed E-state index contributed by atoms with van der Waals surface area (Å²) in [6.45, 7) is 3.83. The van der Waals surface area contributed by atoms with Gasteiger partial charge in [0, 0.05) is 37.8 Å². The first-order valence-corrected chi connectivity index (χ1v) is 9.64. The topological polar surface area (TPSA) is 65.1 Å². The number of hydrogen-bond donors (Lipinski definition) is 1. The largest absolute Gasteiger partial charge is 0.334 e. The average Bonchev–Trinajstić information content (AvgIpc) is 3.00. The molecule has 2 bridgehead atoms. The lowest BCUT2D eigenvalue weighted by Crippen LogP contribution is -2.47. The highest BCUT2D eigenvalue weighted by molar-refractivity contribution is 5.97. The van der Waals surface area contributed by atoms with Crippen molar-refractivity contribution in [3.05, 3.63) is 59.7 Å². The minimum atomic E-state index is 0.121. The summed E-state index contributed by atoms with van der Waals surface area (Å²) < 4.78 is 0. The molecule has 3 fully saturated rings. The Balaban J connectivity index is 1.35. The van der Waals surface area contributed by atoms with Gasteiger partial charge < -0.3 is 4.90 Å². The van der Waals surface area contributed by atoms with Crippen LogP contribution in [0.15, 0.2) is 48.5 Å². The van der Waals surface area contributed by atoms with Crippen molar-refractivity contribution in [2.24, 2.45) is 5.92 Å². The van der Waals surface area contributed by atoms with E-state index >= 15 is 0 Å². The minimum absolute atomic E-state index is 0.121. The molecule has 2 aromatic carbocycles. The highest BCUT2D eigenvalue weighted by Crippen LogP contribution is 2.30. The summed E-state index contributed by atoms with van der Waals surface area (Å²) in [6.07, 6.45) is 2.30. The fourth-order valence-corrected chi connectivity index (χ4v) is 4.54. The van der Waals surface area contributed by atoms with Crippen LogP contribution in [0.2, 0.25) is 0 Å². The number of hydrogen-bond acceptors (Lipinski definition) is 4. The monoisotopic (exact) mass is 361 g/mol. The van der Waals surface area contributed by atoms with Gasteiger partial charge in [0.05, 0.1) is 0 Å². The number of fused-ring (bicyclic) bond motifs is 5. The van der Waals surface area contributed by atoms with E-state index < -0.39 is 0 Å². The van der Waals surface area contributed by atoms with Gasteiger partial charge in [-0.2, -0.15) is 15.4 Å². The number of carbonyl (C=O) groups is 1. The predicted molar refractivity (Wildman–Crippen MR) is 103 cm³/mol. The van der Waals surface area contributed by atoms with Crippen LogP contribution >= 0.6 is 0 Å². The van der Waals surface area contributed by atoms with Gasteiger partial charge in [-0.1, -0.05) is 30.3 Å². The lowest BCUT2D eigenvalue weighted by atomic mass is 9.94. The predicted octanol–water partition coefficient (Wildman–Crippen LogP) is 2.69. The van der Waals surface area contributed by atoms with Crippen molar-refractivity contribution in [3.8, 4) is 0 Å². The molecule has 6 rings (SSSR count). The maximum Gasteiger partial charge on any atom is 0.254 e. The van der Waals surface area contributed by atoms with E-state index in [4.69, 9.17) is 0 Å². The average molecular weight is 361 g/mol. The smallest absolute Gasteiger partial charge is 0.254 e. The van der Waals surface area contributed by atoms with Gasteiger partial charge in [-0.15, -0.1) is 0 Å². The van der Waals surface area contributed by atoms with Crippen LogP contribution in [0.1, 0.15) is 28.8 Å². The van der Waals surface area contributed by atoms with Crippen LogP contribution in [0.3, 0.4) is 0 Å². The Hall–Kier alpha value is -2.73. The highest BCUT2D eigenvalue weighted by Gasteiger charge is 2.37. The normalized spacial score (nSPS) is 22.9. The van der Waals surface area contributed by atoms with Crippen LogP contribution in [-0.2, 0) is 6.54 Å². The second-order valence-electron chi connectivity index (χ2n) is 7.76. The van der Waals surface area contributed by atoms with E-state index in [0.29, 0.717) is 11.5 Å². The van der Waals surface area contributed by atoms with Gasteiger partial charge in [0.1, 0.15) is 11.0 Å². The third kappa shape index (κ3) is 3.21. The summed E-state index contributed by atoms with van der Waals surface area (Å²) in [6, 6.07) is 16.5. The molecule has 1 aromatic heterocycles. The molecule has 1 amide bonds. The molecule has 3 saturated heterocycles. The third-order valence-electron chi connectivity index (χ3n) is 5.86. The van der Waals surface area contributed by atoms with Crippen molar-refractivity contribution in [2.75, 3.05) is 19.6 Å². The SMILES string of the molecule is O=C(c1ccc2n[nH]nc2c1)N1C[C@H]2CC[C@@H]1CN(Cc1ccccc1)C2. The minimum Gasteiger partial charge on any atom is -0.334 e. The number of piperidine rings is 1. The number of carbonyl (C=O) groups excluding carboxylic acids is 1.